The van der Waals surface area contributed by atoms with Gasteiger partial charge in [-0.1, -0.05) is 0 Å². The van der Waals surface area contributed by atoms with Gasteiger partial charge in [0.25, 0.3) is 0 Å². The average molecular weight is 288 g/mol. The van der Waals surface area contributed by atoms with Crippen LogP contribution in [-0.4, -0.2) is 42.3 Å². The van der Waals surface area contributed by atoms with Crippen LogP contribution in [-0.2, 0) is 0 Å². The summed E-state index contributed by atoms with van der Waals surface area (Å²) in [5.74, 6) is 2.04. The van der Waals surface area contributed by atoms with E-state index in [-0.39, 0.29) is 0 Å². The van der Waals surface area contributed by atoms with Crippen molar-refractivity contribution in [1.29, 1.82) is 0 Å². The van der Waals surface area contributed by atoms with Crippen LogP contribution >= 0.6 is 0 Å². The lowest BCUT2D eigenvalue weighted by molar-refractivity contribution is 0.145. The van der Waals surface area contributed by atoms with E-state index >= 15 is 0 Å². The first kappa shape index (κ1) is 13.4. The van der Waals surface area contributed by atoms with Crippen molar-refractivity contribution < 1.29 is 9.84 Å². The Morgan fingerprint density at radius 3 is 2.90 bits per heavy atom. The Morgan fingerprint density at radius 2 is 2.14 bits per heavy atom. The number of rotatable bonds is 5. The predicted molar refractivity (Wildman–Crippen MR) is 81.7 cm³/mol. The summed E-state index contributed by atoms with van der Waals surface area (Å²) >= 11 is 0. The fourth-order valence-electron chi connectivity index (χ4n) is 3.64. The maximum absolute atomic E-state index is 9.60. The molecule has 4 heteroatoms. The van der Waals surface area contributed by atoms with Crippen molar-refractivity contribution in [3.8, 4) is 11.5 Å². The van der Waals surface area contributed by atoms with Gasteiger partial charge in [0.1, 0.15) is 18.1 Å². The summed E-state index contributed by atoms with van der Waals surface area (Å²) < 4.78 is 5.82. The van der Waals surface area contributed by atoms with E-state index < -0.39 is 0 Å². The van der Waals surface area contributed by atoms with Crippen molar-refractivity contribution in [3.63, 3.8) is 0 Å². The molecule has 1 saturated carbocycles. The highest BCUT2D eigenvalue weighted by Crippen LogP contribution is 2.40. The van der Waals surface area contributed by atoms with Gasteiger partial charge in [-0.2, -0.15) is 0 Å². The second-order valence-electron chi connectivity index (χ2n) is 6.74. The summed E-state index contributed by atoms with van der Waals surface area (Å²) in [6.07, 6.45) is 5.35. The van der Waals surface area contributed by atoms with Crippen molar-refractivity contribution in [3.05, 3.63) is 23.8 Å². The van der Waals surface area contributed by atoms with Crippen LogP contribution < -0.4 is 10.1 Å². The molecule has 1 aromatic rings. The number of aromatic hydroxyl groups is 1. The molecule has 21 heavy (non-hydrogen) atoms. The van der Waals surface area contributed by atoms with Crippen molar-refractivity contribution in [2.45, 2.75) is 37.8 Å². The molecule has 3 aliphatic rings. The van der Waals surface area contributed by atoms with Gasteiger partial charge in [-0.15, -0.1) is 0 Å². The van der Waals surface area contributed by atoms with Gasteiger partial charge in [0, 0.05) is 30.8 Å². The van der Waals surface area contributed by atoms with Gasteiger partial charge in [0.05, 0.1) is 6.04 Å². The van der Waals surface area contributed by atoms with Crippen LogP contribution in [0, 0.1) is 5.92 Å². The Bertz CT molecular complexity index is 510. The van der Waals surface area contributed by atoms with E-state index in [0.717, 1.165) is 31.4 Å². The summed E-state index contributed by atoms with van der Waals surface area (Å²) in [4.78, 5) is 2.61. The predicted octanol–water partition coefficient (Wildman–Crippen LogP) is 2.29. The molecule has 0 aromatic heterocycles. The number of ether oxygens (including phenoxy) is 1. The third-order valence-corrected chi connectivity index (χ3v) is 5.00. The molecule has 4 nitrogen and oxygen atoms in total. The monoisotopic (exact) mass is 288 g/mol. The molecule has 0 spiro atoms. The Kier molecular flexibility index (Phi) is 3.51. The summed E-state index contributed by atoms with van der Waals surface area (Å²) in [6, 6.07) is 6.54. The lowest BCUT2D eigenvalue weighted by Crippen LogP contribution is -2.41. The van der Waals surface area contributed by atoms with Gasteiger partial charge >= 0.3 is 0 Å². The molecule has 4 rings (SSSR count). The molecular weight excluding hydrogens is 264 g/mol. The van der Waals surface area contributed by atoms with Crippen LogP contribution in [0.25, 0.3) is 0 Å². The number of hydrogen-bond acceptors (Lipinski definition) is 4. The van der Waals surface area contributed by atoms with E-state index in [1.807, 2.05) is 6.07 Å². The molecule has 0 amide bonds. The van der Waals surface area contributed by atoms with Gasteiger partial charge in [-0.05, 0) is 50.3 Å². The van der Waals surface area contributed by atoms with E-state index in [1.54, 1.807) is 12.1 Å². The number of phenolic OH excluding ortho intramolecular Hbond substituents is 1. The molecule has 114 valence electrons. The smallest absolute Gasteiger partial charge is 0.127 e. The Hall–Kier alpha value is -1.26. The zero-order valence-electron chi connectivity index (χ0n) is 12.4. The number of nitrogens with zero attached hydrogens (tertiary/aromatic N) is 1. The minimum absolute atomic E-state index is 0.292. The van der Waals surface area contributed by atoms with Gasteiger partial charge in [0.15, 0.2) is 0 Å². The highest BCUT2D eigenvalue weighted by Gasteiger charge is 2.35. The van der Waals surface area contributed by atoms with Crippen LogP contribution in [0.2, 0.25) is 0 Å². The average Bonchev–Trinajstić information content (AvgIpc) is 2.99. The van der Waals surface area contributed by atoms with E-state index in [1.165, 1.54) is 37.8 Å². The molecule has 2 heterocycles. The molecule has 1 aliphatic carbocycles. The lowest BCUT2D eigenvalue weighted by Gasteiger charge is -2.30. The van der Waals surface area contributed by atoms with Crippen LogP contribution in [0.4, 0.5) is 0 Å². The van der Waals surface area contributed by atoms with E-state index in [0.29, 0.717) is 17.8 Å². The highest BCUT2D eigenvalue weighted by molar-refractivity contribution is 5.44. The van der Waals surface area contributed by atoms with E-state index in [4.69, 9.17) is 4.74 Å². The minimum Gasteiger partial charge on any atom is -0.508 e. The molecular formula is C17H24N2O2. The Morgan fingerprint density at radius 1 is 1.24 bits per heavy atom. The fourth-order valence-corrected chi connectivity index (χ4v) is 3.64. The van der Waals surface area contributed by atoms with Crippen molar-refractivity contribution in [1.82, 2.24) is 10.2 Å². The summed E-state index contributed by atoms with van der Waals surface area (Å²) in [7, 11) is 0. The Labute approximate surface area is 126 Å². The lowest BCUT2D eigenvalue weighted by atomic mass is 10.0. The zero-order valence-corrected chi connectivity index (χ0v) is 12.4. The molecule has 1 aromatic carbocycles. The first-order valence-corrected chi connectivity index (χ1v) is 8.23. The normalized spacial score (nSPS) is 27.9. The third-order valence-electron chi connectivity index (χ3n) is 5.00. The summed E-state index contributed by atoms with van der Waals surface area (Å²) in [5, 5.41) is 13.2. The van der Waals surface area contributed by atoms with Crippen LogP contribution in [0.15, 0.2) is 18.2 Å². The number of nitrogens with one attached hydrogen (secondary N) is 1. The first-order chi connectivity index (χ1) is 10.3. The molecule has 1 saturated heterocycles. The first-order valence-electron chi connectivity index (χ1n) is 8.23. The van der Waals surface area contributed by atoms with Gasteiger partial charge in [-0.3, -0.25) is 4.90 Å². The third kappa shape index (κ3) is 2.87. The minimum atomic E-state index is 0.292. The van der Waals surface area contributed by atoms with Crippen molar-refractivity contribution >= 4 is 0 Å². The quantitative estimate of drug-likeness (QED) is 0.872. The number of fused-ring (bicyclic) bond motifs is 1. The maximum Gasteiger partial charge on any atom is 0.127 e. The highest BCUT2D eigenvalue weighted by atomic mass is 16.5. The van der Waals surface area contributed by atoms with Crippen LogP contribution in [0.3, 0.4) is 0 Å². The van der Waals surface area contributed by atoms with Gasteiger partial charge in [0.2, 0.25) is 0 Å². The molecule has 0 radical (unpaired) electrons. The molecule has 2 aliphatic heterocycles. The molecule has 2 unspecified atom stereocenters. The van der Waals surface area contributed by atoms with Crippen molar-refractivity contribution in [2.24, 2.45) is 5.92 Å². The van der Waals surface area contributed by atoms with Gasteiger partial charge in [-0.25, -0.2) is 0 Å². The topological polar surface area (TPSA) is 44.7 Å². The zero-order chi connectivity index (χ0) is 14.2. The SMILES string of the molecule is Oc1ccc2c(c1)OCC2N(CC1CC1)CC1CCCN1. The molecule has 2 fully saturated rings. The second-order valence-corrected chi connectivity index (χ2v) is 6.74. The van der Waals surface area contributed by atoms with E-state index in [2.05, 4.69) is 10.2 Å². The molecule has 2 atom stereocenters. The summed E-state index contributed by atoms with van der Waals surface area (Å²) in [6.45, 7) is 4.18. The van der Waals surface area contributed by atoms with Crippen LogP contribution in [0.5, 0.6) is 11.5 Å². The van der Waals surface area contributed by atoms with Crippen molar-refractivity contribution in [2.75, 3.05) is 26.2 Å². The Balaban J connectivity index is 1.52. The molecule has 0 bridgehead atoms. The van der Waals surface area contributed by atoms with Crippen LogP contribution in [0.1, 0.15) is 37.3 Å². The summed E-state index contributed by atoms with van der Waals surface area (Å²) in [5.41, 5.74) is 1.24. The number of phenols is 1. The fraction of sp³-hybridized carbons (Fsp3) is 0.647. The van der Waals surface area contributed by atoms with Gasteiger partial charge < -0.3 is 15.2 Å². The molecule has 2 N–H and O–H groups in total. The van der Waals surface area contributed by atoms with E-state index in [9.17, 15) is 5.11 Å². The largest absolute Gasteiger partial charge is 0.508 e. The second kappa shape index (κ2) is 5.50. The number of benzene rings is 1. The number of hydrogen-bond donors (Lipinski definition) is 2. The maximum atomic E-state index is 9.60. The standard InChI is InChI=1S/C17H24N2O2/c20-14-5-6-15-16(11-21-17(15)8-14)19(9-12-3-4-12)10-13-2-1-7-18-13/h5-6,8,12-13,16,18,20H,1-4,7,9-11H2.